The van der Waals surface area contributed by atoms with E-state index in [0.717, 1.165) is 12.1 Å². The molecule has 17 heavy (non-hydrogen) atoms. The number of aromatic hydroxyl groups is 1. The summed E-state index contributed by atoms with van der Waals surface area (Å²) in [4.78, 5) is 13.9. The number of phenolic OH excluding ortho intramolecular Hbond substituents is 1. The number of carbonyl (C=O) groups excluding carboxylic acids is 1. The number of benzene rings is 1. The smallest absolute Gasteiger partial charge is 0.257 e. The van der Waals surface area contributed by atoms with Crippen molar-refractivity contribution in [3.05, 3.63) is 29.3 Å². The second-order valence-electron chi connectivity index (χ2n) is 4.95. The summed E-state index contributed by atoms with van der Waals surface area (Å²) in [6.45, 7) is 2.60. The number of aryl methyl sites for hydroxylation is 1. The van der Waals surface area contributed by atoms with Gasteiger partial charge in [0.1, 0.15) is 5.75 Å². The molecule has 0 aliphatic heterocycles. The monoisotopic (exact) mass is 233 g/mol. The van der Waals surface area contributed by atoms with Crippen LogP contribution in [0.2, 0.25) is 0 Å². The van der Waals surface area contributed by atoms with Crippen LogP contribution in [-0.2, 0) is 0 Å². The number of hydrogen-bond donors (Lipinski definition) is 1. The van der Waals surface area contributed by atoms with Gasteiger partial charge >= 0.3 is 0 Å². The summed E-state index contributed by atoms with van der Waals surface area (Å²) in [5.41, 5.74) is 1.15. The van der Waals surface area contributed by atoms with Crippen molar-refractivity contribution in [2.75, 3.05) is 13.6 Å². The highest BCUT2D eigenvalue weighted by atomic mass is 16.3. The molecular weight excluding hydrogens is 214 g/mol. The molecule has 1 N–H and O–H groups in total. The van der Waals surface area contributed by atoms with Gasteiger partial charge in [-0.1, -0.05) is 18.6 Å². The van der Waals surface area contributed by atoms with Crippen LogP contribution in [0.3, 0.4) is 0 Å². The van der Waals surface area contributed by atoms with Crippen molar-refractivity contribution in [2.45, 2.75) is 26.2 Å². The van der Waals surface area contributed by atoms with Gasteiger partial charge in [-0.2, -0.15) is 0 Å². The third-order valence-electron chi connectivity index (χ3n) is 3.57. The van der Waals surface area contributed by atoms with Crippen LogP contribution < -0.4 is 0 Å². The Morgan fingerprint density at radius 2 is 2.18 bits per heavy atom. The molecule has 0 unspecified atom stereocenters. The first-order valence-electron chi connectivity index (χ1n) is 6.13. The molecule has 3 heteroatoms. The van der Waals surface area contributed by atoms with E-state index in [2.05, 4.69) is 0 Å². The molecular formula is C14H19NO2. The van der Waals surface area contributed by atoms with Crippen LogP contribution in [0.25, 0.3) is 0 Å². The maximum Gasteiger partial charge on any atom is 0.257 e. The number of nitrogens with zero attached hydrogens (tertiary/aromatic N) is 1. The second-order valence-corrected chi connectivity index (χ2v) is 4.95. The Morgan fingerprint density at radius 1 is 1.47 bits per heavy atom. The van der Waals surface area contributed by atoms with Crippen LogP contribution in [0.15, 0.2) is 18.2 Å². The van der Waals surface area contributed by atoms with Gasteiger partial charge < -0.3 is 10.0 Å². The fourth-order valence-electron chi connectivity index (χ4n) is 2.18. The van der Waals surface area contributed by atoms with Crippen molar-refractivity contribution in [1.82, 2.24) is 4.90 Å². The molecule has 0 saturated heterocycles. The van der Waals surface area contributed by atoms with Crippen LogP contribution >= 0.6 is 0 Å². The second kappa shape index (κ2) is 4.78. The van der Waals surface area contributed by atoms with Crippen molar-refractivity contribution in [1.29, 1.82) is 0 Å². The molecule has 2 rings (SSSR count). The fourth-order valence-corrected chi connectivity index (χ4v) is 2.18. The molecule has 1 saturated carbocycles. The van der Waals surface area contributed by atoms with E-state index in [9.17, 15) is 9.90 Å². The standard InChI is InChI=1S/C14H19NO2/c1-10-5-3-8-12(13(10)16)14(17)15(2)9-11-6-4-7-11/h3,5,8,11,16H,4,6-7,9H2,1-2H3. The minimum atomic E-state index is -0.0851. The molecule has 1 fully saturated rings. The lowest BCUT2D eigenvalue weighted by atomic mass is 9.85. The SMILES string of the molecule is Cc1cccc(C(=O)N(C)CC2CCC2)c1O. The Labute approximate surface area is 102 Å². The molecule has 1 aromatic rings. The van der Waals surface area contributed by atoms with Gasteiger partial charge in [-0.05, 0) is 37.3 Å². The van der Waals surface area contributed by atoms with E-state index in [4.69, 9.17) is 0 Å². The van der Waals surface area contributed by atoms with E-state index >= 15 is 0 Å². The van der Waals surface area contributed by atoms with Gasteiger partial charge in [0, 0.05) is 13.6 Å². The minimum Gasteiger partial charge on any atom is -0.507 e. The summed E-state index contributed by atoms with van der Waals surface area (Å²) in [5, 5.41) is 9.87. The Hall–Kier alpha value is -1.51. The quantitative estimate of drug-likeness (QED) is 0.871. The zero-order valence-corrected chi connectivity index (χ0v) is 10.4. The molecule has 1 aromatic carbocycles. The summed E-state index contributed by atoms with van der Waals surface area (Å²) < 4.78 is 0. The van der Waals surface area contributed by atoms with Crippen LogP contribution in [0.4, 0.5) is 0 Å². The molecule has 0 radical (unpaired) electrons. The van der Waals surface area contributed by atoms with E-state index in [1.165, 1.54) is 19.3 Å². The van der Waals surface area contributed by atoms with Gasteiger partial charge in [-0.25, -0.2) is 0 Å². The van der Waals surface area contributed by atoms with Crippen molar-refractivity contribution in [3.63, 3.8) is 0 Å². The Kier molecular flexibility index (Phi) is 3.36. The largest absolute Gasteiger partial charge is 0.507 e. The molecule has 1 aliphatic carbocycles. The molecule has 0 spiro atoms. The molecule has 0 aromatic heterocycles. The molecule has 0 bridgehead atoms. The average molecular weight is 233 g/mol. The van der Waals surface area contributed by atoms with Gasteiger partial charge in [0.2, 0.25) is 0 Å². The number of carbonyl (C=O) groups is 1. The van der Waals surface area contributed by atoms with Crippen LogP contribution in [0.1, 0.15) is 35.2 Å². The first-order valence-corrected chi connectivity index (χ1v) is 6.13. The van der Waals surface area contributed by atoms with Crippen molar-refractivity contribution >= 4 is 5.91 Å². The maximum absolute atomic E-state index is 12.2. The lowest BCUT2D eigenvalue weighted by molar-refractivity contribution is 0.0742. The lowest BCUT2D eigenvalue weighted by Gasteiger charge is -2.30. The molecule has 0 atom stereocenters. The first-order chi connectivity index (χ1) is 8.09. The van der Waals surface area contributed by atoms with Gasteiger partial charge in [-0.15, -0.1) is 0 Å². The summed E-state index contributed by atoms with van der Waals surface area (Å²) >= 11 is 0. The number of amides is 1. The predicted octanol–water partition coefficient (Wildman–Crippen LogP) is 2.57. The minimum absolute atomic E-state index is 0.0851. The third-order valence-corrected chi connectivity index (χ3v) is 3.57. The van der Waals surface area contributed by atoms with E-state index in [1.807, 2.05) is 7.05 Å². The van der Waals surface area contributed by atoms with Gasteiger partial charge in [-0.3, -0.25) is 4.79 Å². The third kappa shape index (κ3) is 2.43. The van der Waals surface area contributed by atoms with Crippen molar-refractivity contribution < 1.29 is 9.90 Å². The normalized spacial score (nSPS) is 15.4. The van der Waals surface area contributed by atoms with E-state index in [-0.39, 0.29) is 11.7 Å². The van der Waals surface area contributed by atoms with Gasteiger partial charge in [0.25, 0.3) is 5.91 Å². The van der Waals surface area contributed by atoms with Gasteiger partial charge in [0.15, 0.2) is 0 Å². The van der Waals surface area contributed by atoms with Crippen LogP contribution in [-0.4, -0.2) is 29.5 Å². The summed E-state index contributed by atoms with van der Waals surface area (Å²) in [7, 11) is 1.81. The van der Waals surface area contributed by atoms with Crippen molar-refractivity contribution in [3.8, 4) is 5.75 Å². The van der Waals surface area contributed by atoms with Gasteiger partial charge in [0.05, 0.1) is 5.56 Å². The van der Waals surface area contributed by atoms with E-state index in [0.29, 0.717) is 11.5 Å². The number of phenols is 1. The zero-order chi connectivity index (χ0) is 12.4. The Balaban J connectivity index is 2.09. The molecule has 1 aliphatic rings. The number of hydrogen-bond acceptors (Lipinski definition) is 2. The Morgan fingerprint density at radius 3 is 2.76 bits per heavy atom. The maximum atomic E-state index is 12.2. The number of para-hydroxylation sites is 1. The molecule has 3 nitrogen and oxygen atoms in total. The van der Waals surface area contributed by atoms with Crippen LogP contribution in [0, 0.1) is 12.8 Å². The van der Waals surface area contributed by atoms with E-state index in [1.54, 1.807) is 30.0 Å². The van der Waals surface area contributed by atoms with Crippen LogP contribution in [0.5, 0.6) is 5.75 Å². The highest BCUT2D eigenvalue weighted by Gasteiger charge is 2.23. The zero-order valence-electron chi connectivity index (χ0n) is 10.4. The fraction of sp³-hybridized carbons (Fsp3) is 0.500. The predicted molar refractivity (Wildman–Crippen MR) is 67.1 cm³/mol. The molecule has 1 amide bonds. The average Bonchev–Trinajstić information content (AvgIpc) is 2.26. The Bertz CT molecular complexity index is 424. The summed E-state index contributed by atoms with van der Waals surface area (Å²) in [6, 6.07) is 5.29. The number of rotatable bonds is 3. The topological polar surface area (TPSA) is 40.5 Å². The molecule has 0 heterocycles. The highest BCUT2D eigenvalue weighted by Crippen LogP contribution is 2.28. The molecule has 92 valence electrons. The summed E-state index contributed by atoms with van der Waals surface area (Å²) in [6.07, 6.45) is 3.72. The first kappa shape index (κ1) is 12.0. The van der Waals surface area contributed by atoms with Crippen molar-refractivity contribution in [2.24, 2.45) is 5.92 Å². The highest BCUT2D eigenvalue weighted by molar-refractivity contribution is 5.97. The lowest BCUT2D eigenvalue weighted by Crippen LogP contribution is -2.34. The summed E-state index contributed by atoms with van der Waals surface area (Å²) in [5.74, 6) is 0.673. The van der Waals surface area contributed by atoms with E-state index < -0.39 is 0 Å².